The van der Waals surface area contributed by atoms with Crippen LogP contribution in [0, 0.1) is 0 Å². The van der Waals surface area contributed by atoms with E-state index in [1.54, 1.807) is 0 Å². The summed E-state index contributed by atoms with van der Waals surface area (Å²) < 4.78 is 11.2. The molecule has 2 saturated heterocycles. The maximum Gasteiger partial charge on any atom is 0.254 e. The minimum atomic E-state index is -0.329. The Morgan fingerprint density at radius 1 is 1.15 bits per heavy atom. The average molecular weight is 375 g/mol. The number of carbonyl (C=O) groups excluding carboxylic acids is 2. The number of carbonyl (C=O) groups is 2. The van der Waals surface area contributed by atoms with Crippen molar-refractivity contribution in [3.8, 4) is 0 Å². The fourth-order valence-corrected chi connectivity index (χ4v) is 3.62. The van der Waals surface area contributed by atoms with Gasteiger partial charge in [-0.25, -0.2) is 0 Å². The Hall–Kier alpha value is -1.96. The summed E-state index contributed by atoms with van der Waals surface area (Å²) in [6.45, 7) is 8.79. The van der Waals surface area contributed by atoms with Crippen molar-refractivity contribution in [1.82, 2.24) is 15.5 Å². The zero-order valence-electron chi connectivity index (χ0n) is 16.2. The lowest BCUT2D eigenvalue weighted by Gasteiger charge is -2.35. The fourth-order valence-electron chi connectivity index (χ4n) is 3.62. The molecule has 7 nitrogen and oxygen atoms in total. The van der Waals surface area contributed by atoms with Gasteiger partial charge < -0.3 is 25.0 Å². The van der Waals surface area contributed by atoms with Gasteiger partial charge in [-0.2, -0.15) is 0 Å². The Balaban J connectivity index is 1.54. The third kappa shape index (κ3) is 5.06. The number of ether oxygens (including phenoxy) is 2. The number of hydrogen-bond donors (Lipinski definition) is 2. The molecule has 2 amide bonds. The van der Waals surface area contributed by atoms with Gasteiger partial charge >= 0.3 is 0 Å². The van der Waals surface area contributed by atoms with Gasteiger partial charge in [-0.05, 0) is 38.5 Å². The molecule has 4 atom stereocenters. The largest absolute Gasteiger partial charge is 0.375 e. The van der Waals surface area contributed by atoms with E-state index in [2.05, 4.69) is 10.6 Å². The Labute approximate surface area is 160 Å². The first-order valence-electron chi connectivity index (χ1n) is 9.60. The van der Waals surface area contributed by atoms with Gasteiger partial charge in [0.2, 0.25) is 5.91 Å². The molecule has 2 heterocycles. The second kappa shape index (κ2) is 8.82. The van der Waals surface area contributed by atoms with Gasteiger partial charge in [0.1, 0.15) is 6.04 Å². The van der Waals surface area contributed by atoms with Crippen molar-refractivity contribution in [1.29, 1.82) is 0 Å². The standard InChI is InChI=1S/C20H29N3O4/c1-13-11-23(12-14(2)27-13)20(25)17-6-4-16(5-7-17)10-22-19(24)18-15(3)26-9-8-21-18/h4-7,13-15,18,21H,8-12H2,1-3H3,(H,22,24)/t13?,14?,15-,18+/m1/s1. The van der Waals surface area contributed by atoms with Crippen LogP contribution in [0.3, 0.4) is 0 Å². The van der Waals surface area contributed by atoms with E-state index in [1.165, 1.54) is 0 Å². The highest BCUT2D eigenvalue weighted by Gasteiger charge is 2.28. The number of hydrogen-bond acceptors (Lipinski definition) is 5. The van der Waals surface area contributed by atoms with Crippen LogP contribution in [-0.2, 0) is 20.8 Å². The van der Waals surface area contributed by atoms with Crippen molar-refractivity contribution in [2.75, 3.05) is 26.2 Å². The predicted molar refractivity (Wildman–Crippen MR) is 101 cm³/mol. The van der Waals surface area contributed by atoms with Gasteiger partial charge in [0.15, 0.2) is 0 Å². The van der Waals surface area contributed by atoms with Crippen molar-refractivity contribution in [2.24, 2.45) is 0 Å². The lowest BCUT2D eigenvalue weighted by Crippen LogP contribution is -2.55. The second-order valence-corrected chi connectivity index (χ2v) is 7.39. The summed E-state index contributed by atoms with van der Waals surface area (Å²) in [6.07, 6.45) is -0.0454. The smallest absolute Gasteiger partial charge is 0.254 e. The number of nitrogens with zero attached hydrogens (tertiary/aromatic N) is 1. The summed E-state index contributed by atoms with van der Waals surface area (Å²) in [7, 11) is 0. The molecule has 2 fully saturated rings. The number of morpholine rings is 2. The Morgan fingerprint density at radius 3 is 2.44 bits per heavy atom. The van der Waals surface area contributed by atoms with Gasteiger partial charge in [-0.15, -0.1) is 0 Å². The minimum Gasteiger partial charge on any atom is -0.375 e. The summed E-state index contributed by atoms with van der Waals surface area (Å²) in [5.74, 6) is -0.0522. The molecule has 7 heteroatoms. The van der Waals surface area contributed by atoms with E-state index >= 15 is 0 Å². The van der Waals surface area contributed by atoms with Gasteiger partial charge in [-0.3, -0.25) is 9.59 Å². The quantitative estimate of drug-likeness (QED) is 0.818. The molecule has 2 aliphatic rings. The van der Waals surface area contributed by atoms with E-state index < -0.39 is 0 Å². The molecule has 0 bridgehead atoms. The third-order valence-corrected chi connectivity index (χ3v) is 4.97. The minimum absolute atomic E-state index is 0.0185. The zero-order chi connectivity index (χ0) is 19.4. The lowest BCUT2D eigenvalue weighted by molar-refractivity contribution is -0.129. The van der Waals surface area contributed by atoms with Crippen LogP contribution in [0.5, 0.6) is 0 Å². The zero-order valence-corrected chi connectivity index (χ0v) is 16.2. The van der Waals surface area contributed by atoms with Crippen molar-refractivity contribution in [2.45, 2.75) is 51.7 Å². The number of nitrogens with one attached hydrogen (secondary N) is 2. The molecule has 0 aromatic heterocycles. The molecular weight excluding hydrogens is 346 g/mol. The van der Waals surface area contributed by atoms with Crippen LogP contribution in [0.1, 0.15) is 36.7 Å². The van der Waals surface area contributed by atoms with Gasteiger partial charge in [0.05, 0.1) is 24.9 Å². The van der Waals surface area contributed by atoms with E-state index in [0.717, 1.165) is 5.56 Å². The van der Waals surface area contributed by atoms with Crippen molar-refractivity contribution < 1.29 is 19.1 Å². The summed E-state index contributed by atoms with van der Waals surface area (Å²) in [4.78, 5) is 26.8. The molecule has 0 saturated carbocycles. The highest BCUT2D eigenvalue weighted by atomic mass is 16.5. The number of benzene rings is 1. The van der Waals surface area contributed by atoms with Crippen LogP contribution in [-0.4, -0.2) is 67.3 Å². The monoisotopic (exact) mass is 375 g/mol. The van der Waals surface area contributed by atoms with E-state index in [4.69, 9.17) is 9.47 Å². The van der Waals surface area contributed by atoms with Gasteiger partial charge in [0.25, 0.3) is 5.91 Å². The molecule has 1 aromatic rings. The van der Waals surface area contributed by atoms with Crippen LogP contribution < -0.4 is 10.6 Å². The summed E-state index contributed by atoms with van der Waals surface area (Å²) >= 11 is 0. The molecule has 2 aliphatic heterocycles. The van der Waals surface area contributed by atoms with E-state index in [0.29, 0.717) is 38.3 Å². The number of amides is 2. The van der Waals surface area contributed by atoms with Crippen LogP contribution in [0.2, 0.25) is 0 Å². The molecule has 3 rings (SSSR count). The highest BCUT2D eigenvalue weighted by molar-refractivity contribution is 5.94. The molecule has 27 heavy (non-hydrogen) atoms. The van der Waals surface area contributed by atoms with Crippen LogP contribution in [0.15, 0.2) is 24.3 Å². The lowest BCUT2D eigenvalue weighted by atomic mass is 10.1. The molecule has 0 radical (unpaired) electrons. The van der Waals surface area contributed by atoms with Gasteiger partial charge in [0, 0.05) is 31.7 Å². The summed E-state index contributed by atoms with van der Waals surface area (Å²) in [5, 5.41) is 6.10. The van der Waals surface area contributed by atoms with E-state index in [1.807, 2.05) is 49.9 Å². The Bertz CT molecular complexity index is 654. The fraction of sp³-hybridized carbons (Fsp3) is 0.600. The Morgan fingerprint density at radius 2 is 1.81 bits per heavy atom. The first-order valence-corrected chi connectivity index (χ1v) is 9.60. The molecule has 2 unspecified atom stereocenters. The van der Waals surface area contributed by atoms with E-state index in [9.17, 15) is 9.59 Å². The van der Waals surface area contributed by atoms with Crippen LogP contribution in [0.25, 0.3) is 0 Å². The summed E-state index contributed by atoms with van der Waals surface area (Å²) in [5.41, 5.74) is 1.61. The number of rotatable bonds is 4. The van der Waals surface area contributed by atoms with Crippen molar-refractivity contribution in [3.05, 3.63) is 35.4 Å². The second-order valence-electron chi connectivity index (χ2n) is 7.39. The van der Waals surface area contributed by atoms with Crippen LogP contribution in [0.4, 0.5) is 0 Å². The maximum atomic E-state index is 12.7. The Kier molecular flexibility index (Phi) is 6.46. The molecule has 1 aromatic carbocycles. The SMILES string of the molecule is CC1CN(C(=O)c2ccc(CNC(=O)[C@H]3NCCO[C@@H]3C)cc2)CC(C)O1. The predicted octanol–water partition coefficient (Wildman–Crippen LogP) is 0.929. The third-order valence-electron chi connectivity index (χ3n) is 4.97. The first kappa shape index (κ1) is 19.8. The first-order chi connectivity index (χ1) is 12.9. The van der Waals surface area contributed by atoms with Gasteiger partial charge in [-0.1, -0.05) is 12.1 Å². The van der Waals surface area contributed by atoms with E-state index in [-0.39, 0.29) is 36.2 Å². The molecular formula is C20H29N3O4. The van der Waals surface area contributed by atoms with Crippen LogP contribution >= 0.6 is 0 Å². The molecule has 0 spiro atoms. The summed E-state index contributed by atoms with van der Waals surface area (Å²) in [6, 6.07) is 7.08. The topological polar surface area (TPSA) is 79.9 Å². The molecule has 148 valence electrons. The molecule has 0 aliphatic carbocycles. The van der Waals surface area contributed by atoms with Crippen molar-refractivity contribution in [3.63, 3.8) is 0 Å². The van der Waals surface area contributed by atoms with Crippen molar-refractivity contribution >= 4 is 11.8 Å². The highest BCUT2D eigenvalue weighted by Crippen LogP contribution is 2.15. The average Bonchev–Trinajstić information content (AvgIpc) is 2.65. The normalized spacial score (nSPS) is 28.6. The maximum absolute atomic E-state index is 12.7. The molecule has 2 N–H and O–H groups in total.